The topological polar surface area (TPSA) is 26.0 Å². The molecule has 0 aliphatic carbocycles. The average Bonchev–Trinajstić information content (AvgIpc) is 2.37. The molecule has 2 N–H and O–H groups in total. The second-order valence-electron chi connectivity index (χ2n) is 4.21. The summed E-state index contributed by atoms with van der Waals surface area (Å²) in [6, 6.07) is 6.74. The molecule has 0 saturated heterocycles. The predicted molar refractivity (Wildman–Crippen MR) is 76.3 cm³/mol. The van der Waals surface area contributed by atoms with Gasteiger partial charge in [0.1, 0.15) is 11.6 Å². The minimum absolute atomic E-state index is 0.167. The van der Waals surface area contributed by atoms with Gasteiger partial charge < -0.3 is 5.73 Å². The zero-order valence-electron chi connectivity index (χ0n) is 10.1. The van der Waals surface area contributed by atoms with Gasteiger partial charge in [-0.2, -0.15) is 0 Å². The Hall–Kier alpha value is -0.970. The summed E-state index contributed by atoms with van der Waals surface area (Å²) in [6.45, 7) is 1.56. The van der Waals surface area contributed by atoms with Gasteiger partial charge in [-0.15, -0.1) is 0 Å². The maximum absolute atomic E-state index is 14.1. The lowest BCUT2D eigenvalue weighted by atomic mass is 9.97. The van der Waals surface area contributed by atoms with Crippen molar-refractivity contribution in [3.8, 4) is 0 Å². The fraction of sp³-hybridized carbons (Fsp3) is 0.143. The molecule has 2 aromatic rings. The Bertz CT molecular complexity index is 631. The van der Waals surface area contributed by atoms with E-state index in [1.54, 1.807) is 25.1 Å². The molecule has 0 spiro atoms. The van der Waals surface area contributed by atoms with E-state index in [9.17, 15) is 8.78 Å². The normalized spacial score (nSPS) is 12.5. The van der Waals surface area contributed by atoms with Crippen molar-refractivity contribution >= 4 is 27.5 Å². The zero-order valence-corrected chi connectivity index (χ0v) is 12.4. The number of nitrogens with two attached hydrogens (primary N) is 1. The van der Waals surface area contributed by atoms with Crippen molar-refractivity contribution in [3.05, 3.63) is 68.2 Å². The van der Waals surface area contributed by atoms with Crippen molar-refractivity contribution in [2.45, 2.75) is 13.0 Å². The second-order valence-corrected chi connectivity index (χ2v) is 5.44. The minimum atomic E-state index is -0.954. The summed E-state index contributed by atoms with van der Waals surface area (Å²) in [6.07, 6.45) is 0. The third kappa shape index (κ3) is 2.66. The van der Waals surface area contributed by atoms with E-state index in [1.165, 1.54) is 12.1 Å². The van der Waals surface area contributed by atoms with Crippen molar-refractivity contribution in [3.63, 3.8) is 0 Å². The highest BCUT2D eigenvalue weighted by molar-refractivity contribution is 9.10. The molecule has 100 valence electrons. The Labute approximate surface area is 123 Å². The van der Waals surface area contributed by atoms with E-state index < -0.39 is 17.7 Å². The molecule has 1 unspecified atom stereocenters. The average molecular weight is 347 g/mol. The lowest BCUT2D eigenvalue weighted by molar-refractivity contribution is 0.538. The van der Waals surface area contributed by atoms with Gasteiger partial charge >= 0.3 is 0 Å². The summed E-state index contributed by atoms with van der Waals surface area (Å²) in [5.74, 6) is -1.31. The van der Waals surface area contributed by atoms with Crippen molar-refractivity contribution in [2.24, 2.45) is 5.73 Å². The lowest BCUT2D eigenvalue weighted by Crippen LogP contribution is -2.17. The molecule has 2 aromatic carbocycles. The highest BCUT2D eigenvalue weighted by atomic mass is 79.9. The van der Waals surface area contributed by atoms with E-state index in [-0.39, 0.29) is 5.56 Å². The number of halogens is 4. The molecule has 0 saturated carbocycles. The molecule has 0 fully saturated rings. The lowest BCUT2D eigenvalue weighted by Gasteiger charge is -2.17. The van der Waals surface area contributed by atoms with Gasteiger partial charge in [-0.1, -0.05) is 29.8 Å². The number of hydrogen-bond acceptors (Lipinski definition) is 1. The summed E-state index contributed by atoms with van der Waals surface area (Å²) in [4.78, 5) is 0. The molecule has 1 nitrogen and oxygen atoms in total. The Kier molecular flexibility index (Phi) is 4.23. The molecule has 19 heavy (non-hydrogen) atoms. The van der Waals surface area contributed by atoms with Gasteiger partial charge in [0.2, 0.25) is 0 Å². The minimum Gasteiger partial charge on any atom is -0.320 e. The van der Waals surface area contributed by atoms with Crippen LogP contribution < -0.4 is 5.73 Å². The molecule has 2 rings (SSSR count). The van der Waals surface area contributed by atoms with Crippen molar-refractivity contribution < 1.29 is 8.78 Å². The molecular weight excluding hydrogens is 336 g/mol. The first-order valence-electron chi connectivity index (χ1n) is 5.57. The number of benzene rings is 2. The smallest absolute Gasteiger partial charge is 0.134 e. The van der Waals surface area contributed by atoms with Crippen LogP contribution >= 0.6 is 27.5 Å². The Morgan fingerprint density at radius 1 is 1.21 bits per heavy atom. The van der Waals surface area contributed by atoms with Gasteiger partial charge in [-0.05, 0) is 46.1 Å². The quantitative estimate of drug-likeness (QED) is 0.835. The maximum atomic E-state index is 14.1. The maximum Gasteiger partial charge on any atom is 0.134 e. The van der Waals surface area contributed by atoms with E-state index in [0.29, 0.717) is 20.6 Å². The Morgan fingerprint density at radius 2 is 1.89 bits per heavy atom. The molecule has 5 heteroatoms. The molecule has 0 amide bonds. The van der Waals surface area contributed by atoms with E-state index in [0.717, 1.165) is 0 Å². The summed E-state index contributed by atoms with van der Waals surface area (Å²) < 4.78 is 28.5. The number of rotatable bonds is 2. The van der Waals surface area contributed by atoms with Crippen molar-refractivity contribution in [1.82, 2.24) is 0 Å². The van der Waals surface area contributed by atoms with Crippen LogP contribution in [0.15, 0.2) is 34.8 Å². The van der Waals surface area contributed by atoms with E-state index in [1.807, 2.05) is 0 Å². The largest absolute Gasteiger partial charge is 0.320 e. The fourth-order valence-electron chi connectivity index (χ4n) is 1.88. The van der Waals surface area contributed by atoms with Crippen molar-refractivity contribution in [2.75, 3.05) is 0 Å². The van der Waals surface area contributed by atoms with Crippen LogP contribution in [0.4, 0.5) is 8.78 Å². The third-order valence-corrected chi connectivity index (χ3v) is 4.26. The third-order valence-electron chi connectivity index (χ3n) is 2.95. The number of hydrogen-bond donors (Lipinski definition) is 1. The monoisotopic (exact) mass is 345 g/mol. The second kappa shape index (κ2) is 5.57. The SMILES string of the molecule is Cc1ccc(F)c(C(N)c2cccc(Br)c2Cl)c1F. The molecule has 0 heterocycles. The summed E-state index contributed by atoms with van der Waals surface area (Å²) in [7, 11) is 0. The van der Waals surface area contributed by atoms with E-state index in [4.69, 9.17) is 17.3 Å². The van der Waals surface area contributed by atoms with Crippen LogP contribution in [0.3, 0.4) is 0 Å². The summed E-state index contributed by atoms with van der Waals surface area (Å²) >= 11 is 9.37. The van der Waals surface area contributed by atoms with Crippen LogP contribution in [0.5, 0.6) is 0 Å². The van der Waals surface area contributed by atoms with Gasteiger partial charge in [-0.3, -0.25) is 0 Å². The molecule has 0 aliphatic rings. The van der Waals surface area contributed by atoms with Crippen LogP contribution in [-0.2, 0) is 0 Å². The first kappa shape index (κ1) is 14.4. The molecule has 1 atom stereocenters. The van der Waals surface area contributed by atoms with Crippen LogP contribution in [0, 0.1) is 18.6 Å². The molecular formula is C14H11BrClF2N. The zero-order chi connectivity index (χ0) is 14.2. The molecule has 0 bridgehead atoms. The van der Waals surface area contributed by atoms with Crippen LogP contribution in [-0.4, -0.2) is 0 Å². The van der Waals surface area contributed by atoms with Crippen molar-refractivity contribution in [1.29, 1.82) is 0 Å². The first-order chi connectivity index (χ1) is 8.93. The fourth-order valence-corrected chi connectivity index (χ4v) is 2.50. The molecule has 0 aliphatic heterocycles. The van der Waals surface area contributed by atoms with Gasteiger partial charge in [-0.25, -0.2) is 8.78 Å². The van der Waals surface area contributed by atoms with Crippen LogP contribution in [0.1, 0.15) is 22.7 Å². The Morgan fingerprint density at radius 3 is 2.58 bits per heavy atom. The van der Waals surface area contributed by atoms with E-state index >= 15 is 0 Å². The molecule has 0 aromatic heterocycles. The van der Waals surface area contributed by atoms with Gasteiger partial charge in [0.15, 0.2) is 0 Å². The van der Waals surface area contributed by atoms with E-state index in [2.05, 4.69) is 15.9 Å². The van der Waals surface area contributed by atoms with Crippen LogP contribution in [0.25, 0.3) is 0 Å². The van der Waals surface area contributed by atoms with Gasteiger partial charge in [0, 0.05) is 10.0 Å². The summed E-state index contributed by atoms with van der Waals surface area (Å²) in [5.41, 5.74) is 6.62. The first-order valence-corrected chi connectivity index (χ1v) is 6.74. The number of aryl methyl sites for hydroxylation is 1. The van der Waals surface area contributed by atoms with Crippen LogP contribution in [0.2, 0.25) is 5.02 Å². The highest BCUT2D eigenvalue weighted by Crippen LogP contribution is 2.34. The van der Waals surface area contributed by atoms with Gasteiger partial charge in [0.25, 0.3) is 0 Å². The molecule has 0 radical (unpaired) electrons. The highest BCUT2D eigenvalue weighted by Gasteiger charge is 2.22. The standard InChI is InChI=1S/C14H11BrClF2N/c1-7-5-6-10(17)11(13(7)18)14(19)8-3-2-4-9(15)12(8)16/h2-6,14H,19H2,1H3. The Balaban J connectivity index is 2.59. The summed E-state index contributed by atoms with van der Waals surface area (Å²) in [5, 5.41) is 0.357. The predicted octanol–water partition coefficient (Wildman–Crippen LogP) is 4.74. The van der Waals surface area contributed by atoms with Gasteiger partial charge in [0.05, 0.1) is 11.1 Å².